The molecule has 1 aromatic carbocycles. The van der Waals surface area contributed by atoms with E-state index in [0.717, 1.165) is 22.9 Å². The third kappa shape index (κ3) is 2.68. The zero-order valence-corrected chi connectivity index (χ0v) is 12.1. The summed E-state index contributed by atoms with van der Waals surface area (Å²) >= 11 is 7.71. The molecule has 4 heteroatoms. The number of hydrogen-bond donors (Lipinski definition) is 1. The fraction of sp³-hybridized carbons (Fsp3) is 0.357. The van der Waals surface area contributed by atoms with Crippen molar-refractivity contribution >= 4 is 38.9 Å². The van der Waals surface area contributed by atoms with Crippen molar-refractivity contribution in [3.05, 3.63) is 34.2 Å². The van der Waals surface area contributed by atoms with Gasteiger partial charge in [0.05, 0.1) is 5.02 Å². The van der Waals surface area contributed by atoms with Gasteiger partial charge in [0.25, 0.3) is 5.91 Å². The van der Waals surface area contributed by atoms with E-state index in [1.807, 2.05) is 31.2 Å². The summed E-state index contributed by atoms with van der Waals surface area (Å²) in [4.78, 5) is 12.7. The molecule has 0 fully saturated rings. The molecule has 0 spiro atoms. The summed E-state index contributed by atoms with van der Waals surface area (Å²) in [6, 6.07) is 8.00. The van der Waals surface area contributed by atoms with Gasteiger partial charge in [0.1, 0.15) is 4.88 Å². The maximum absolute atomic E-state index is 12.1. The first-order valence-electron chi connectivity index (χ1n) is 6.11. The van der Waals surface area contributed by atoms with Crippen LogP contribution in [0.5, 0.6) is 0 Å². The second-order valence-electron chi connectivity index (χ2n) is 4.40. The molecule has 0 aliphatic rings. The van der Waals surface area contributed by atoms with E-state index in [1.54, 1.807) is 0 Å². The summed E-state index contributed by atoms with van der Waals surface area (Å²) < 4.78 is 1.05. The molecule has 2 aromatic rings. The van der Waals surface area contributed by atoms with Gasteiger partial charge in [-0.25, -0.2) is 0 Å². The van der Waals surface area contributed by atoms with Crippen LogP contribution in [0.1, 0.15) is 36.4 Å². The molecule has 1 heterocycles. The topological polar surface area (TPSA) is 29.1 Å². The van der Waals surface area contributed by atoms with Crippen LogP contribution in [0.15, 0.2) is 24.3 Å². The van der Waals surface area contributed by atoms with Gasteiger partial charge in [0.2, 0.25) is 0 Å². The molecule has 96 valence electrons. The van der Waals surface area contributed by atoms with Crippen LogP contribution in [-0.4, -0.2) is 11.9 Å². The molecular weight excluding hydrogens is 266 g/mol. The van der Waals surface area contributed by atoms with Crippen LogP contribution >= 0.6 is 22.9 Å². The fourth-order valence-electron chi connectivity index (χ4n) is 1.95. The summed E-state index contributed by atoms with van der Waals surface area (Å²) in [5.74, 6) is -0.0675. The smallest absolute Gasteiger partial charge is 0.263 e. The summed E-state index contributed by atoms with van der Waals surface area (Å²) in [6.45, 7) is 4.12. The molecule has 0 bridgehead atoms. The van der Waals surface area contributed by atoms with Gasteiger partial charge in [0, 0.05) is 16.1 Å². The van der Waals surface area contributed by atoms with Crippen LogP contribution in [0.25, 0.3) is 10.1 Å². The van der Waals surface area contributed by atoms with Crippen molar-refractivity contribution in [3.8, 4) is 0 Å². The maximum atomic E-state index is 12.1. The van der Waals surface area contributed by atoms with Crippen LogP contribution in [0.2, 0.25) is 5.02 Å². The lowest BCUT2D eigenvalue weighted by Gasteiger charge is -2.11. The molecule has 1 amide bonds. The lowest BCUT2D eigenvalue weighted by Crippen LogP contribution is -2.31. The molecule has 2 nitrogen and oxygen atoms in total. The average Bonchev–Trinajstić information content (AvgIpc) is 2.68. The molecule has 1 N–H and O–H groups in total. The summed E-state index contributed by atoms with van der Waals surface area (Å²) in [7, 11) is 0. The third-order valence-corrected chi connectivity index (χ3v) is 4.51. The van der Waals surface area contributed by atoms with E-state index in [9.17, 15) is 4.79 Å². The molecule has 2 rings (SSSR count). The van der Waals surface area contributed by atoms with Gasteiger partial charge < -0.3 is 5.32 Å². The molecular formula is C14H16ClNOS. The van der Waals surface area contributed by atoms with E-state index in [1.165, 1.54) is 11.3 Å². The van der Waals surface area contributed by atoms with Crippen LogP contribution in [0.4, 0.5) is 0 Å². The van der Waals surface area contributed by atoms with E-state index < -0.39 is 0 Å². The highest BCUT2D eigenvalue weighted by molar-refractivity contribution is 7.21. The monoisotopic (exact) mass is 281 g/mol. The van der Waals surface area contributed by atoms with E-state index in [-0.39, 0.29) is 11.9 Å². The van der Waals surface area contributed by atoms with E-state index in [0.29, 0.717) is 9.90 Å². The maximum Gasteiger partial charge on any atom is 0.263 e. The molecule has 1 atom stereocenters. The molecule has 0 unspecified atom stereocenters. The Kier molecular flexibility index (Phi) is 4.25. The first-order valence-corrected chi connectivity index (χ1v) is 7.30. The second-order valence-corrected chi connectivity index (χ2v) is 5.83. The van der Waals surface area contributed by atoms with Gasteiger partial charge in [-0.15, -0.1) is 11.3 Å². The highest BCUT2D eigenvalue weighted by Crippen LogP contribution is 2.35. The van der Waals surface area contributed by atoms with Crippen molar-refractivity contribution in [2.24, 2.45) is 0 Å². The predicted octanol–water partition coefficient (Wildman–Crippen LogP) is 4.47. The van der Waals surface area contributed by atoms with E-state index in [2.05, 4.69) is 12.2 Å². The van der Waals surface area contributed by atoms with E-state index >= 15 is 0 Å². The Morgan fingerprint density at radius 2 is 2.17 bits per heavy atom. The van der Waals surface area contributed by atoms with Crippen molar-refractivity contribution in [1.29, 1.82) is 0 Å². The number of nitrogens with one attached hydrogen (secondary N) is 1. The number of halogens is 1. The molecule has 0 saturated heterocycles. The van der Waals surface area contributed by atoms with Crippen molar-refractivity contribution in [3.63, 3.8) is 0 Å². The summed E-state index contributed by atoms with van der Waals surface area (Å²) in [5.41, 5.74) is 0. The number of amides is 1. The minimum Gasteiger partial charge on any atom is -0.349 e. The van der Waals surface area contributed by atoms with Gasteiger partial charge in [-0.3, -0.25) is 4.79 Å². The highest BCUT2D eigenvalue weighted by atomic mass is 35.5. The minimum atomic E-state index is -0.0675. The second kappa shape index (κ2) is 5.72. The summed E-state index contributed by atoms with van der Waals surface area (Å²) in [6.07, 6.45) is 2.04. The zero-order valence-electron chi connectivity index (χ0n) is 10.5. The molecule has 0 radical (unpaired) electrons. The molecule has 0 aliphatic heterocycles. The lowest BCUT2D eigenvalue weighted by atomic mass is 10.2. The standard InChI is InChI=1S/C14H16ClNOS/c1-3-6-9(2)16-14(17)13-12(15)10-7-4-5-8-11(10)18-13/h4-5,7-9H,3,6H2,1-2H3,(H,16,17)/t9-/m0/s1. The number of carbonyl (C=O) groups is 1. The molecule has 0 aliphatic carbocycles. The first kappa shape index (κ1) is 13.4. The number of rotatable bonds is 4. The normalized spacial score (nSPS) is 12.6. The van der Waals surface area contributed by atoms with E-state index in [4.69, 9.17) is 11.6 Å². The average molecular weight is 282 g/mol. The van der Waals surface area contributed by atoms with Crippen LogP contribution < -0.4 is 5.32 Å². The Labute approximate surface area is 116 Å². The quantitative estimate of drug-likeness (QED) is 0.880. The number of thiophene rings is 1. The Hall–Kier alpha value is -1.06. The number of fused-ring (bicyclic) bond motifs is 1. The van der Waals surface area contributed by atoms with Crippen molar-refractivity contribution < 1.29 is 4.79 Å². The van der Waals surface area contributed by atoms with Crippen molar-refractivity contribution in [2.45, 2.75) is 32.7 Å². The molecule has 18 heavy (non-hydrogen) atoms. The van der Waals surface area contributed by atoms with Crippen molar-refractivity contribution in [2.75, 3.05) is 0 Å². The minimum absolute atomic E-state index is 0.0675. The fourth-order valence-corrected chi connectivity index (χ4v) is 3.37. The van der Waals surface area contributed by atoms with Gasteiger partial charge >= 0.3 is 0 Å². The highest BCUT2D eigenvalue weighted by Gasteiger charge is 2.17. The van der Waals surface area contributed by atoms with Crippen LogP contribution in [0.3, 0.4) is 0 Å². The SMILES string of the molecule is CCC[C@H](C)NC(=O)c1sc2ccccc2c1Cl. The Morgan fingerprint density at radius 3 is 2.83 bits per heavy atom. The van der Waals surface area contributed by atoms with Gasteiger partial charge in [-0.05, 0) is 19.4 Å². The number of carbonyl (C=O) groups excluding carboxylic acids is 1. The Morgan fingerprint density at radius 1 is 1.44 bits per heavy atom. The van der Waals surface area contributed by atoms with Gasteiger partial charge in [0.15, 0.2) is 0 Å². The van der Waals surface area contributed by atoms with Gasteiger partial charge in [-0.1, -0.05) is 43.1 Å². The number of benzene rings is 1. The zero-order chi connectivity index (χ0) is 13.1. The van der Waals surface area contributed by atoms with Crippen LogP contribution in [-0.2, 0) is 0 Å². The summed E-state index contributed by atoms with van der Waals surface area (Å²) in [5, 5.41) is 4.51. The van der Waals surface area contributed by atoms with Crippen LogP contribution in [0, 0.1) is 0 Å². The van der Waals surface area contributed by atoms with Crippen molar-refractivity contribution in [1.82, 2.24) is 5.32 Å². The van der Waals surface area contributed by atoms with Gasteiger partial charge in [-0.2, -0.15) is 0 Å². The molecule has 0 saturated carbocycles. The molecule has 1 aromatic heterocycles. The number of hydrogen-bond acceptors (Lipinski definition) is 2. The first-order chi connectivity index (χ1) is 8.63. The predicted molar refractivity (Wildman–Crippen MR) is 78.7 cm³/mol. The Bertz CT molecular complexity index is 564. The third-order valence-electron chi connectivity index (χ3n) is 2.84. The Balaban J connectivity index is 2.25. The lowest BCUT2D eigenvalue weighted by molar-refractivity contribution is 0.0942. The largest absolute Gasteiger partial charge is 0.349 e.